The van der Waals surface area contributed by atoms with E-state index in [2.05, 4.69) is 17.3 Å². The van der Waals surface area contributed by atoms with Crippen molar-refractivity contribution in [2.75, 3.05) is 11.1 Å². The molecule has 0 aliphatic heterocycles. The number of carbonyl (C=O) groups excluding carboxylic acids is 1. The number of hydrogen-bond donors (Lipinski definition) is 2. The van der Waals surface area contributed by atoms with Crippen LogP contribution in [0.2, 0.25) is 0 Å². The van der Waals surface area contributed by atoms with Gasteiger partial charge in [-0.3, -0.25) is 4.79 Å². The molecule has 3 N–H and O–H groups in total. The first-order chi connectivity index (χ1) is 9.15. The lowest BCUT2D eigenvalue weighted by atomic mass is 10.1. The Hall–Kier alpha value is -2.30. The van der Waals surface area contributed by atoms with Gasteiger partial charge in [-0.15, -0.1) is 0 Å². The highest BCUT2D eigenvalue weighted by molar-refractivity contribution is 6.03. The van der Waals surface area contributed by atoms with Gasteiger partial charge in [-0.25, -0.2) is 4.68 Å². The highest BCUT2D eigenvalue weighted by Crippen LogP contribution is 2.17. The molecule has 2 aromatic rings. The lowest BCUT2D eigenvalue weighted by Gasteiger charge is -2.08. The van der Waals surface area contributed by atoms with Gasteiger partial charge in [0, 0.05) is 18.3 Å². The number of aryl methyl sites for hydroxylation is 2. The molecule has 0 atom stereocenters. The molecule has 0 bridgehead atoms. The quantitative estimate of drug-likeness (QED) is 0.883. The van der Waals surface area contributed by atoms with Gasteiger partial charge in [-0.2, -0.15) is 5.10 Å². The summed E-state index contributed by atoms with van der Waals surface area (Å²) < 4.78 is 1.60. The van der Waals surface area contributed by atoms with Crippen LogP contribution in [-0.4, -0.2) is 15.7 Å². The zero-order chi connectivity index (χ0) is 13.8. The zero-order valence-electron chi connectivity index (χ0n) is 11.2. The van der Waals surface area contributed by atoms with E-state index in [-0.39, 0.29) is 5.91 Å². The van der Waals surface area contributed by atoms with Crippen molar-refractivity contribution in [3.8, 4) is 0 Å². The number of para-hydroxylation sites is 1. The number of aromatic nitrogens is 2. The molecule has 0 spiro atoms. The maximum absolute atomic E-state index is 12.1. The Labute approximate surface area is 112 Å². The van der Waals surface area contributed by atoms with Crippen LogP contribution in [-0.2, 0) is 13.0 Å². The minimum absolute atomic E-state index is 0.236. The Balaban J connectivity index is 2.20. The Bertz CT molecular complexity index is 589. The summed E-state index contributed by atoms with van der Waals surface area (Å²) in [6.07, 6.45) is 0.863. The number of nitrogens with zero attached hydrogens (tertiary/aromatic N) is 2. The molecule has 19 heavy (non-hydrogen) atoms. The molecule has 1 heterocycles. The average Bonchev–Trinajstić information content (AvgIpc) is 2.80. The van der Waals surface area contributed by atoms with E-state index < -0.39 is 0 Å². The van der Waals surface area contributed by atoms with Gasteiger partial charge in [-0.05, 0) is 25.0 Å². The number of nitrogens with one attached hydrogen (secondary N) is 1. The Morgan fingerprint density at radius 3 is 2.74 bits per heavy atom. The van der Waals surface area contributed by atoms with E-state index in [4.69, 9.17) is 5.73 Å². The fraction of sp³-hybridized carbons (Fsp3) is 0.286. The summed E-state index contributed by atoms with van der Waals surface area (Å²) in [6, 6.07) is 9.32. The van der Waals surface area contributed by atoms with Gasteiger partial charge in [0.25, 0.3) is 5.91 Å². The first-order valence-corrected chi connectivity index (χ1v) is 6.38. The predicted octanol–water partition coefficient (Wildman–Crippen LogP) is 2.30. The highest BCUT2D eigenvalue weighted by Gasteiger charge is 2.13. The normalized spacial score (nSPS) is 10.4. The summed E-state index contributed by atoms with van der Waals surface area (Å²) in [5, 5.41) is 7.03. The number of anilines is 2. The fourth-order valence-electron chi connectivity index (χ4n) is 1.93. The Morgan fingerprint density at radius 2 is 2.11 bits per heavy atom. The summed E-state index contributed by atoms with van der Waals surface area (Å²) >= 11 is 0. The minimum Gasteiger partial charge on any atom is -0.384 e. The molecule has 0 aliphatic carbocycles. The molecule has 0 aliphatic rings. The summed E-state index contributed by atoms with van der Waals surface area (Å²) in [5.74, 6) is 0.260. The topological polar surface area (TPSA) is 72.9 Å². The van der Waals surface area contributed by atoms with Gasteiger partial charge in [0.2, 0.25) is 0 Å². The number of nitrogens with two attached hydrogens (primary N) is 1. The molecule has 100 valence electrons. The zero-order valence-corrected chi connectivity index (χ0v) is 11.2. The van der Waals surface area contributed by atoms with E-state index in [1.165, 1.54) is 0 Å². The summed E-state index contributed by atoms with van der Waals surface area (Å²) in [5.41, 5.74) is 8.01. The van der Waals surface area contributed by atoms with E-state index in [9.17, 15) is 4.79 Å². The SMILES string of the molecule is CCc1ccccc1NC(=O)c1cc(N)n(CC)n1. The van der Waals surface area contributed by atoms with Gasteiger partial charge < -0.3 is 11.1 Å². The first kappa shape index (κ1) is 13.1. The van der Waals surface area contributed by atoms with Crippen LogP contribution in [0.3, 0.4) is 0 Å². The van der Waals surface area contributed by atoms with Crippen molar-refractivity contribution in [1.29, 1.82) is 0 Å². The molecule has 1 aromatic heterocycles. The maximum atomic E-state index is 12.1. The molecule has 0 fully saturated rings. The third-order valence-corrected chi connectivity index (χ3v) is 2.99. The van der Waals surface area contributed by atoms with Crippen molar-refractivity contribution < 1.29 is 4.79 Å². The number of nitrogen functional groups attached to an aromatic ring is 1. The maximum Gasteiger partial charge on any atom is 0.276 e. The number of amides is 1. The van der Waals surface area contributed by atoms with Crippen LogP contribution in [0.4, 0.5) is 11.5 Å². The average molecular weight is 258 g/mol. The molecule has 0 saturated heterocycles. The fourth-order valence-corrected chi connectivity index (χ4v) is 1.93. The van der Waals surface area contributed by atoms with E-state index in [1.807, 2.05) is 31.2 Å². The third-order valence-electron chi connectivity index (χ3n) is 2.99. The Kier molecular flexibility index (Phi) is 3.85. The van der Waals surface area contributed by atoms with Crippen LogP contribution in [0.5, 0.6) is 0 Å². The highest BCUT2D eigenvalue weighted by atomic mass is 16.1. The van der Waals surface area contributed by atoms with Crippen LogP contribution < -0.4 is 11.1 Å². The standard InChI is InChI=1S/C14H18N4O/c1-3-10-7-5-6-8-11(10)16-14(19)12-9-13(15)18(4-2)17-12/h5-9H,3-4,15H2,1-2H3,(H,16,19). The smallest absolute Gasteiger partial charge is 0.276 e. The number of hydrogen-bond acceptors (Lipinski definition) is 3. The van der Waals surface area contributed by atoms with Gasteiger partial charge in [0.15, 0.2) is 5.69 Å². The second-order valence-electron chi connectivity index (χ2n) is 4.24. The monoisotopic (exact) mass is 258 g/mol. The molecule has 1 amide bonds. The van der Waals surface area contributed by atoms with Gasteiger partial charge in [-0.1, -0.05) is 25.1 Å². The van der Waals surface area contributed by atoms with E-state index >= 15 is 0 Å². The molecule has 5 nitrogen and oxygen atoms in total. The van der Waals surface area contributed by atoms with Gasteiger partial charge in [0.05, 0.1) is 0 Å². The molecular weight excluding hydrogens is 240 g/mol. The molecular formula is C14H18N4O. The van der Waals surface area contributed by atoms with Gasteiger partial charge in [0.1, 0.15) is 5.82 Å². The third kappa shape index (κ3) is 2.76. The van der Waals surface area contributed by atoms with Crippen LogP contribution in [0, 0.1) is 0 Å². The summed E-state index contributed by atoms with van der Waals surface area (Å²) in [7, 11) is 0. The second kappa shape index (κ2) is 5.56. The van der Waals surface area contributed by atoms with E-state index in [0.717, 1.165) is 17.7 Å². The summed E-state index contributed by atoms with van der Waals surface area (Å²) in [4.78, 5) is 12.1. The molecule has 2 rings (SSSR count). The molecule has 0 radical (unpaired) electrons. The Morgan fingerprint density at radius 1 is 1.37 bits per heavy atom. The molecule has 5 heteroatoms. The van der Waals surface area contributed by atoms with Crippen molar-refractivity contribution in [2.24, 2.45) is 0 Å². The lowest BCUT2D eigenvalue weighted by Crippen LogP contribution is -2.14. The van der Waals surface area contributed by atoms with Crippen molar-refractivity contribution in [2.45, 2.75) is 26.8 Å². The second-order valence-corrected chi connectivity index (χ2v) is 4.24. The van der Waals surface area contributed by atoms with Crippen LogP contribution in [0.25, 0.3) is 0 Å². The van der Waals surface area contributed by atoms with Crippen LogP contribution >= 0.6 is 0 Å². The van der Waals surface area contributed by atoms with Crippen LogP contribution in [0.1, 0.15) is 29.9 Å². The van der Waals surface area contributed by atoms with Crippen molar-refractivity contribution in [1.82, 2.24) is 9.78 Å². The first-order valence-electron chi connectivity index (χ1n) is 6.38. The van der Waals surface area contributed by atoms with Gasteiger partial charge >= 0.3 is 0 Å². The largest absolute Gasteiger partial charge is 0.384 e. The minimum atomic E-state index is -0.236. The molecule has 0 unspecified atom stereocenters. The van der Waals surface area contributed by atoms with E-state index in [1.54, 1.807) is 10.7 Å². The van der Waals surface area contributed by atoms with Crippen molar-refractivity contribution in [3.63, 3.8) is 0 Å². The number of benzene rings is 1. The summed E-state index contributed by atoms with van der Waals surface area (Å²) in [6.45, 7) is 4.62. The van der Waals surface area contributed by atoms with Crippen molar-refractivity contribution in [3.05, 3.63) is 41.6 Å². The van der Waals surface area contributed by atoms with Crippen LogP contribution in [0.15, 0.2) is 30.3 Å². The lowest BCUT2D eigenvalue weighted by molar-refractivity contribution is 0.102. The molecule has 1 aromatic carbocycles. The van der Waals surface area contributed by atoms with E-state index in [0.29, 0.717) is 18.1 Å². The van der Waals surface area contributed by atoms with Crippen molar-refractivity contribution >= 4 is 17.4 Å². The molecule has 0 saturated carbocycles. The predicted molar refractivity (Wildman–Crippen MR) is 76.1 cm³/mol. The number of rotatable bonds is 4. The number of carbonyl (C=O) groups is 1.